The van der Waals surface area contributed by atoms with Crippen LogP contribution >= 0.6 is 0 Å². The number of likely N-dealkylation sites (N-methyl/N-ethyl adjacent to an activating group) is 1. The molecule has 2 aromatic heterocycles. The standard InChI is InChI=1S/C39H54N6O8/c1-38(2,3)23-27-13-11-16-30-33(27)42-31(45(30)37(50)53-39(4,5)6)24-44-20-12-15-29(35(44)48)40-34(47)28(14-9-10-17-32(46)43(7)8)41-36(49)52-25-26-18-21-51-22-19-26/h10-13,15-17,20,26,28H,9,14,18-19,21-25H2,1-8H3,(H,40,47)(H,41,49)/b17-10+/t28-/m0/s1. The van der Waals surface area contributed by atoms with Crippen LogP contribution < -0.4 is 16.2 Å². The number of hydrogen-bond acceptors (Lipinski definition) is 9. The molecular weight excluding hydrogens is 680 g/mol. The topological polar surface area (TPSA) is 163 Å². The van der Waals surface area contributed by atoms with Gasteiger partial charge in [-0.2, -0.15) is 0 Å². The molecule has 0 bridgehead atoms. The van der Waals surface area contributed by atoms with E-state index in [0.717, 1.165) is 18.4 Å². The highest BCUT2D eigenvalue weighted by atomic mass is 16.6. The van der Waals surface area contributed by atoms with Crippen molar-refractivity contribution >= 4 is 40.7 Å². The molecule has 14 nitrogen and oxygen atoms in total. The summed E-state index contributed by atoms with van der Waals surface area (Å²) in [5.74, 6) is -0.404. The number of anilines is 1. The molecule has 0 unspecified atom stereocenters. The third kappa shape index (κ3) is 12.0. The van der Waals surface area contributed by atoms with Gasteiger partial charge in [0.25, 0.3) is 5.56 Å². The molecule has 3 aromatic rings. The second-order valence-corrected chi connectivity index (χ2v) is 15.8. The number of nitrogens with zero attached hydrogens (tertiary/aromatic N) is 4. The Hall–Kier alpha value is -4.98. The van der Waals surface area contributed by atoms with E-state index in [9.17, 15) is 24.0 Å². The summed E-state index contributed by atoms with van der Waals surface area (Å²) in [6, 6.07) is 7.64. The van der Waals surface area contributed by atoms with E-state index in [4.69, 9.17) is 19.2 Å². The molecule has 0 spiro atoms. The lowest BCUT2D eigenvalue weighted by Crippen LogP contribution is -2.45. The van der Waals surface area contributed by atoms with Gasteiger partial charge in [-0.25, -0.2) is 19.1 Å². The Balaban J connectivity index is 1.59. The molecule has 288 valence electrons. The van der Waals surface area contributed by atoms with Gasteiger partial charge in [0, 0.05) is 33.5 Å². The predicted octanol–water partition coefficient (Wildman–Crippen LogP) is 5.50. The van der Waals surface area contributed by atoms with Crippen molar-refractivity contribution < 1.29 is 33.4 Å². The van der Waals surface area contributed by atoms with Crippen LogP contribution in [0.25, 0.3) is 11.0 Å². The second kappa shape index (κ2) is 17.7. The van der Waals surface area contributed by atoms with Crippen LogP contribution in [0, 0.1) is 11.3 Å². The first-order chi connectivity index (χ1) is 24.9. The van der Waals surface area contributed by atoms with Gasteiger partial charge in [0.2, 0.25) is 11.8 Å². The van der Waals surface area contributed by atoms with Crippen molar-refractivity contribution in [3.8, 4) is 0 Å². The number of benzene rings is 1. The summed E-state index contributed by atoms with van der Waals surface area (Å²) >= 11 is 0. The first-order valence-electron chi connectivity index (χ1n) is 18.0. The molecule has 3 amide bonds. The number of allylic oxidation sites excluding steroid dienone is 1. The Kier molecular flexibility index (Phi) is 13.6. The maximum atomic E-state index is 13.8. The quantitative estimate of drug-likeness (QED) is 0.229. The number of hydrogen-bond donors (Lipinski definition) is 2. The molecule has 4 rings (SSSR count). The number of rotatable bonds is 12. The van der Waals surface area contributed by atoms with Crippen LogP contribution in [-0.4, -0.2) is 88.6 Å². The molecular formula is C39H54N6O8. The van der Waals surface area contributed by atoms with E-state index in [1.54, 1.807) is 59.3 Å². The molecule has 1 fully saturated rings. The van der Waals surface area contributed by atoms with Gasteiger partial charge in [-0.3, -0.25) is 14.4 Å². The van der Waals surface area contributed by atoms with Gasteiger partial charge in [0.15, 0.2) is 0 Å². The summed E-state index contributed by atoms with van der Waals surface area (Å²) in [5.41, 5.74) is 0.739. The van der Waals surface area contributed by atoms with Crippen LogP contribution in [0.1, 0.15) is 78.6 Å². The smallest absolute Gasteiger partial charge is 0.420 e. The SMILES string of the molecule is CN(C)C(=O)/C=C/CC[C@H](NC(=O)OCC1CCOCC1)C(=O)Nc1cccn(Cc2nc3c(CC(C)(C)C)cccc3n2C(=O)OC(C)(C)C)c1=O. The Bertz CT molecular complexity index is 1860. The normalized spacial score (nSPS) is 14.6. The number of alkyl carbamates (subject to hydrolysis) is 1. The van der Waals surface area contributed by atoms with Crippen LogP contribution in [0.4, 0.5) is 15.3 Å². The minimum atomic E-state index is -1.08. The summed E-state index contributed by atoms with van der Waals surface area (Å²) in [5, 5.41) is 5.30. The number of carbonyl (C=O) groups is 4. The maximum Gasteiger partial charge on any atom is 0.420 e. The third-order valence-electron chi connectivity index (χ3n) is 8.45. The Labute approximate surface area is 310 Å². The first kappa shape index (κ1) is 40.8. The zero-order chi connectivity index (χ0) is 38.9. The molecule has 1 aromatic carbocycles. The lowest BCUT2D eigenvalue weighted by atomic mass is 9.88. The van der Waals surface area contributed by atoms with E-state index >= 15 is 0 Å². The molecule has 1 aliphatic heterocycles. The summed E-state index contributed by atoms with van der Waals surface area (Å²) in [6.07, 6.45) is 5.84. The molecule has 2 N–H and O–H groups in total. The molecule has 0 aliphatic carbocycles. The van der Waals surface area contributed by atoms with Gasteiger partial charge in [0.05, 0.1) is 24.2 Å². The molecule has 1 atom stereocenters. The number of amides is 3. The summed E-state index contributed by atoms with van der Waals surface area (Å²) < 4.78 is 19.3. The van der Waals surface area contributed by atoms with Gasteiger partial charge in [-0.15, -0.1) is 0 Å². The third-order valence-corrected chi connectivity index (χ3v) is 8.45. The number of para-hydroxylation sites is 1. The van der Waals surface area contributed by atoms with Gasteiger partial charge >= 0.3 is 12.2 Å². The number of ether oxygens (including phenoxy) is 3. The fourth-order valence-electron chi connectivity index (χ4n) is 5.82. The highest BCUT2D eigenvalue weighted by molar-refractivity contribution is 5.96. The largest absolute Gasteiger partial charge is 0.449 e. The number of pyridine rings is 1. The summed E-state index contributed by atoms with van der Waals surface area (Å²) in [6.45, 7) is 13.0. The van der Waals surface area contributed by atoms with Crippen molar-refractivity contribution in [1.29, 1.82) is 0 Å². The number of carbonyl (C=O) groups excluding carboxylic acids is 4. The molecule has 53 heavy (non-hydrogen) atoms. The van der Waals surface area contributed by atoms with Crippen molar-refractivity contribution in [2.75, 3.05) is 39.2 Å². The van der Waals surface area contributed by atoms with Crippen molar-refractivity contribution in [2.45, 2.75) is 91.8 Å². The zero-order valence-corrected chi connectivity index (χ0v) is 32.2. The van der Waals surface area contributed by atoms with Gasteiger partial charge < -0.3 is 34.3 Å². The van der Waals surface area contributed by atoms with Gasteiger partial charge in [-0.1, -0.05) is 39.0 Å². The van der Waals surface area contributed by atoms with E-state index in [1.165, 1.54) is 26.2 Å². The van der Waals surface area contributed by atoms with Gasteiger partial charge in [-0.05, 0) is 94.0 Å². The fourth-order valence-corrected chi connectivity index (χ4v) is 5.82. The van der Waals surface area contributed by atoms with Crippen molar-refractivity contribution in [1.82, 2.24) is 24.3 Å². The molecule has 0 saturated carbocycles. The Morgan fingerprint density at radius 1 is 1.06 bits per heavy atom. The zero-order valence-electron chi connectivity index (χ0n) is 32.2. The van der Waals surface area contributed by atoms with Crippen molar-refractivity contribution in [3.63, 3.8) is 0 Å². The van der Waals surface area contributed by atoms with Crippen LogP contribution in [0.15, 0.2) is 53.5 Å². The first-order valence-corrected chi connectivity index (χ1v) is 18.0. The number of fused-ring (bicyclic) bond motifs is 1. The molecule has 3 heterocycles. The number of nitrogens with one attached hydrogen (secondary N) is 2. The van der Waals surface area contributed by atoms with E-state index < -0.39 is 35.3 Å². The lowest BCUT2D eigenvalue weighted by Gasteiger charge is -2.23. The molecule has 1 saturated heterocycles. The van der Waals surface area contributed by atoms with E-state index in [-0.39, 0.29) is 54.7 Å². The Morgan fingerprint density at radius 2 is 1.77 bits per heavy atom. The molecule has 1 aliphatic rings. The molecule has 14 heteroatoms. The van der Waals surface area contributed by atoms with Crippen LogP contribution in [0.5, 0.6) is 0 Å². The number of aromatic nitrogens is 3. The van der Waals surface area contributed by atoms with E-state index in [2.05, 4.69) is 31.4 Å². The maximum absolute atomic E-state index is 13.8. The second-order valence-electron chi connectivity index (χ2n) is 15.8. The highest BCUT2D eigenvalue weighted by Gasteiger charge is 2.27. The average molecular weight is 735 g/mol. The van der Waals surface area contributed by atoms with Crippen molar-refractivity contribution in [2.24, 2.45) is 11.3 Å². The number of imidazole rings is 1. The minimum absolute atomic E-state index is 0.0356. The van der Waals surface area contributed by atoms with Crippen molar-refractivity contribution in [3.05, 3.63) is 70.4 Å². The highest BCUT2D eigenvalue weighted by Crippen LogP contribution is 2.28. The predicted molar refractivity (Wildman–Crippen MR) is 202 cm³/mol. The Morgan fingerprint density at radius 3 is 2.43 bits per heavy atom. The van der Waals surface area contributed by atoms with Crippen LogP contribution in [0.3, 0.4) is 0 Å². The summed E-state index contributed by atoms with van der Waals surface area (Å²) in [4.78, 5) is 72.2. The lowest BCUT2D eigenvalue weighted by molar-refractivity contribution is -0.123. The summed E-state index contributed by atoms with van der Waals surface area (Å²) in [7, 11) is 3.26. The average Bonchev–Trinajstić information content (AvgIpc) is 3.45. The van der Waals surface area contributed by atoms with Crippen LogP contribution in [0.2, 0.25) is 0 Å². The molecule has 0 radical (unpaired) electrons. The van der Waals surface area contributed by atoms with E-state index in [0.29, 0.717) is 30.7 Å². The van der Waals surface area contributed by atoms with Crippen LogP contribution in [-0.2, 0) is 36.8 Å². The van der Waals surface area contributed by atoms with Gasteiger partial charge in [0.1, 0.15) is 23.2 Å². The van der Waals surface area contributed by atoms with E-state index in [1.807, 2.05) is 12.1 Å². The fraction of sp³-hybridized carbons (Fsp3) is 0.538. The minimum Gasteiger partial charge on any atom is -0.449 e. The monoisotopic (exact) mass is 734 g/mol.